The SMILES string of the molecule is CCC1(CC)Cc2nc(Cl)ccc2CN1C(=O)O. The monoisotopic (exact) mass is 268 g/mol. The van der Waals surface area contributed by atoms with Gasteiger partial charge in [0.25, 0.3) is 0 Å². The summed E-state index contributed by atoms with van der Waals surface area (Å²) in [6.07, 6.45) is 1.34. The Morgan fingerprint density at radius 1 is 1.50 bits per heavy atom. The van der Waals surface area contributed by atoms with Crippen molar-refractivity contribution in [1.82, 2.24) is 9.88 Å². The third-order valence-electron chi connectivity index (χ3n) is 3.98. The van der Waals surface area contributed by atoms with Crippen molar-refractivity contribution in [3.63, 3.8) is 0 Å². The molecule has 1 aromatic rings. The average Bonchev–Trinajstić information content (AvgIpc) is 2.36. The predicted molar refractivity (Wildman–Crippen MR) is 69.8 cm³/mol. The molecule has 0 aromatic carbocycles. The van der Waals surface area contributed by atoms with Gasteiger partial charge in [-0.15, -0.1) is 0 Å². The fraction of sp³-hybridized carbons (Fsp3) is 0.538. The van der Waals surface area contributed by atoms with Gasteiger partial charge in [0.15, 0.2) is 0 Å². The van der Waals surface area contributed by atoms with Crippen LogP contribution in [-0.4, -0.2) is 26.6 Å². The maximum atomic E-state index is 11.4. The molecule has 0 fully saturated rings. The smallest absolute Gasteiger partial charge is 0.408 e. The van der Waals surface area contributed by atoms with Crippen LogP contribution < -0.4 is 0 Å². The molecule has 98 valence electrons. The molecule has 0 saturated carbocycles. The van der Waals surface area contributed by atoms with Crippen molar-refractivity contribution < 1.29 is 9.90 Å². The molecule has 1 aliphatic heterocycles. The first-order chi connectivity index (χ1) is 8.52. The number of amides is 1. The van der Waals surface area contributed by atoms with Crippen LogP contribution in [0.4, 0.5) is 4.79 Å². The largest absolute Gasteiger partial charge is 0.465 e. The number of carboxylic acid groups (broad SMARTS) is 1. The van der Waals surface area contributed by atoms with Gasteiger partial charge in [0.05, 0.1) is 12.1 Å². The number of hydrogen-bond acceptors (Lipinski definition) is 2. The maximum Gasteiger partial charge on any atom is 0.408 e. The molecular weight excluding hydrogens is 252 g/mol. The minimum Gasteiger partial charge on any atom is -0.465 e. The number of rotatable bonds is 2. The average molecular weight is 269 g/mol. The summed E-state index contributed by atoms with van der Waals surface area (Å²) in [4.78, 5) is 17.3. The Morgan fingerprint density at radius 2 is 2.17 bits per heavy atom. The fourth-order valence-corrected chi connectivity index (χ4v) is 2.86. The molecule has 0 spiro atoms. The van der Waals surface area contributed by atoms with Crippen molar-refractivity contribution in [3.05, 3.63) is 28.5 Å². The van der Waals surface area contributed by atoms with Gasteiger partial charge in [0.2, 0.25) is 0 Å². The van der Waals surface area contributed by atoms with Gasteiger partial charge in [-0.2, -0.15) is 0 Å². The Balaban J connectivity index is 2.46. The third-order valence-corrected chi connectivity index (χ3v) is 4.19. The van der Waals surface area contributed by atoms with Crippen LogP contribution in [0.2, 0.25) is 5.15 Å². The van der Waals surface area contributed by atoms with Gasteiger partial charge in [0, 0.05) is 12.1 Å². The highest BCUT2D eigenvalue weighted by molar-refractivity contribution is 6.29. The standard InChI is InChI=1S/C13H17ClN2O2/c1-3-13(4-2)7-10-9(5-6-11(14)15-10)8-16(13)12(17)18/h5-6H,3-4,7-8H2,1-2H3,(H,17,18). The van der Waals surface area contributed by atoms with Crippen LogP contribution >= 0.6 is 11.6 Å². The quantitative estimate of drug-likeness (QED) is 0.837. The Hall–Kier alpha value is -1.29. The molecule has 2 rings (SSSR count). The second kappa shape index (κ2) is 4.76. The molecule has 2 heterocycles. The van der Waals surface area contributed by atoms with E-state index in [-0.39, 0.29) is 5.54 Å². The number of pyridine rings is 1. The number of hydrogen-bond donors (Lipinski definition) is 1. The first kappa shape index (κ1) is 13.1. The Morgan fingerprint density at radius 3 is 2.72 bits per heavy atom. The highest BCUT2D eigenvalue weighted by Crippen LogP contribution is 2.35. The lowest BCUT2D eigenvalue weighted by molar-refractivity contribution is 0.0536. The number of halogens is 1. The van der Waals surface area contributed by atoms with E-state index in [1.54, 1.807) is 11.0 Å². The first-order valence-electron chi connectivity index (χ1n) is 6.17. The highest BCUT2D eigenvalue weighted by Gasteiger charge is 2.41. The molecule has 0 saturated heterocycles. The van der Waals surface area contributed by atoms with Crippen molar-refractivity contribution >= 4 is 17.7 Å². The van der Waals surface area contributed by atoms with Crippen LogP contribution in [0.1, 0.15) is 37.9 Å². The van der Waals surface area contributed by atoms with Crippen LogP contribution in [-0.2, 0) is 13.0 Å². The Kier molecular flexibility index (Phi) is 3.48. The van der Waals surface area contributed by atoms with E-state index in [1.807, 2.05) is 19.9 Å². The second-order valence-corrected chi connectivity index (χ2v) is 5.10. The molecule has 0 unspecified atom stereocenters. The minimum atomic E-state index is -0.862. The summed E-state index contributed by atoms with van der Waals surface area (Å²) < 4.78 is 0. The second-order valence-electron chi connectivity index (χ2n) is 4.72. The van der Waals surface area contributed by atoms with Crippen molar-refractivity contribution in [1.29, 1.82) is 0 Å². The van der Waals surface area contributed by atoms with Crippen molar-refractivity contribution in [2.45, 2.75) is 45.2 Å². The zero-order valence-corrected chi connectivity index (χ0v) is 11.4. The molecule has 4 nitrogen and oxygen atoms in total. The summed E-state index contributed by atoms with van der Waals surface area (Å²) in [5.74, 6) is 0. The summed E-state index contributed by atoms with van der Waals surface area (Å²) in [5, 5.41) is 9.87. The van der Waals surface area contributed by atoms with Gasteiger partial charge in [-0.1, -0.05) is 31.5 Å². The van der Waals surface area contributed by atoms with Crippen molar-refractivity contribution in [2.24, 2.45) is 0 Å². The van der Waals surface area contributed by atoms with Crippen molar-refractivity contribution in [2.75, 3.05) is 0 Å². The van der Waals surface area contributed by atoms with E-state index in [0.29, 0.717) is 18.1 Å². The Bertz CT molecular complexity index is 472. The minimum absolute atomic E-state index is 0.351. The van der Waals surface area contributed by atoms with E-state index >= 15 is 0 Å². The van der Waals surface area contributed by atoms with E-state index in [9.17, 15) is 9.90 Å². The molecule has 18 heavy (non-hydrogen) atoms. The summed E-state index contributed by atoms with van der Waals surface area (Å²) in [5.41, 5.74) is 1.54. The molecule has 0 atom stereocenters. The molecule has 1 N–H and O–H groups in total. The van der Waals surface area contributed by atoms with Gasteiger partial charge in [-0.05, 0) is 24.5 Å². The molecule has 0 radical (unpaired) electrons. The summed E-state index contributed by atoms with van der Waals surface area (Å²) in [7, 11) is 0. The van der Waals surface area contributed by atoms with Gasteiger partial charge in [0.1, 0.15) is 5.15 Å². The molecule has 0 bridgehead atoms. The van der Waals surface area contributed by atoms with E-state index in [4.69, 9.17) is 11.6 Å². The van der Waals surface area contributed by atoms with E-state index in [1.165, 1.54) is 0 Å². The van der Waals surface area contributed by atoms with Crippen LogP contribution in [0.3, 0.4) is 0 Å². The van der Waals surface area contributed by atoms with Crippen LogP contribution in [0, 0.1) is 0 Å². The maximum absolute atomic E-state index is 11.4. The number of fused-ring (bicyclic) bond motifs is 1. The lowest BCUT2D eigenvalue weighted by atomic mass is 9.81. The topological polar surface area (TPSA) is 53.4 Å². The van der Waals surface area contributed by atoms with Crippen molar-refractivity contribution in [3.8, 4) is 0 Å². The molecular formula is C13H17ClN2O2. The van der Waals surface area contributed by atoms with Gasteiger partial charge in [-0.25, -0.2) is 9.78 Å². The summed E-state index contributed by atoms with van der Waals surface area (Å²) >= 11 is 5.91. The number of carbonyl (C=O) groups is 1. The number of aromatic nitrogens is 1. The zero-order chi connectivity index (χ0) is 13.3. The molecule has 1 aliphatic rings. The highest BCUT2D eigenvalue weighted by atomic mass is 35.5. The Labute approximate surface area is 112 Å². The first-order valence-corrected chi connectivity index (χ1v) is 6.55. The predicted octanol–water partition coefficient (Wildman–Crippen LogP) is 3.33. The van der Waals surface area contributed by atoms with Crippen LogP contribution in [0.15, 0.2) is 12.1 Å². The van der Waals surface area contributed by atoms with Gasteiger partial charge >= 0.3 is 6.09 Å². The van der Waals surface area contributed by atoms with Crippen LogP contribution in [0.5, 0.6) is 0 Å². The molecule has 0 aliphatic carbocycles. The zero-order valence-electron chi connectivity index (χ0n) is 10.6. The van der Waals surface area contributed by atoms with Gasteiger partial charge < -0.3 is 5.11 Å². The molecule has 5 heteroatoms. The number of nitrogens with zero attached hydrogens (tertiary/aromatic N) is 2. The summed E-state index contributed by atoms with van der Waals surface area (Å²) in [6.45, 7) is 4.44. The lowest BCUT2D eigenvalue weighted by Crippen LogP contribution is -2.54. The van der Waals surface area contributed by atoms with E-state index in [0.717, 1.165) is 24.1 Å². The molecule has 1 aromatic heterocycles. The third kappa shape index (κ3) is 2.05. The summed E-state index contributed by atoms with van der Waals surface area (Å²) in [6, 6.07) is 3.58. The van der Waals surface area contributed by atoms with Gasteiger partial charge in [-0.3, -0.25) is 4.90 Å². The normalized spacial score (nSPS) is 17.4. The van der Waals surface area contributed by atoms with E-state index < -0.39 is 6.09 Å². The lowest BCUT2D eigenvalue weighted by Gasteiger charge is -2.45. The molecule has 1 amide bonds. The van der Waals surface area contributed by atoms with E-state index in [2.05, 4.69) is 4.98 Å². The van der Waals surface area contributed by atoms with Crippen LogP contribution in [0.25, 0.3) is 0 Å². The fourth-order valence-electron chi connectivity index (χ4n) is 2.70.